The SMILES string of the molecule is CCNC(=NCc1c(C)nn(C)c1C)NCCc1ccc(OC)c(OC(F)F)c1. The molecular weight excluding hydrogens is 380 g/mol. The van der Waals surface area contributed by atoms with Crippen molar-refractivity contribution >= 4 is 5.96 Å². The maximum absolute atomic E-state index is 12.6. The second-order valence-electron chi connectivity index (χ2n) is 6.51. The van der Waals surface area contributed by atoms with Crippen molar-refractivity contribution in [3.05, 3.63) is 40.7 Å². The molecule has 7 nitrogen and oxygen atoms in total. The molecule has 1 aromatic heterocycles. The average molecular weight is 409 g/mol. The van der Waals surface area contributed by atoms with Gasteiger partial charge in [0.2, 0.25) is 0 Å². The normalized spacial score (nSPS) is 11.7. The number of aliphatic imine (C=N–C) groups is 1. The van der Waals surface area contributed by atoms with Crippen molar-refractivity contribution in [1.82, 2.24) is 20.4 Å². The van der Waals surface area contributed by atoms with E-state index in [1.807, 2.05) is 38.6 Å². The van der Waals surface area contributed by atoms with Crippen LogP contribution in [0.15, 0.2) is 23.2 Å². The fourth-order valence-electron chi connectivity index (χ4n) is 2.94. The van der Waals surface area contributed by atoms with Gasteiger partial charge in [0.05, 0.1) is 19.3 Å². The first-order valence-electron chi connectivity index (χ1n) is 9.48. The van der Waals surface area contributed by atoms with Gasteiger partial charge >= 0.3 is 6.61 Å². The fourth-order valence-corrected chi connectivity index (χ4v) is 2.94. The third-order valence-corrected chi connectivity index (χ3v) is 4.55. The van der Waals surface area contributed by atoms with Crippen LogP contribution in [0.2, 0.25) is 0 Å². The van der Waals surface area contributed by atoms with Crippen LogP contribution in [0.1, 0.15) is 29.4 Å². The number of nitrogens with zero attached hydrogens (tertiary/aromatic N) is 3. The van der Waals surface area contributed by atoms with Gasteiger partial charge in [0.15, 0.2) is 17.5 Å². The lowest BCUT2D eigenvalue weighted by atomic mass is 10.1. The molecule has 0 amide bonds. The molecule has 0 aliphatic carbocycles. The first-order chi connectivity index (χ1) is 13.8. The summed E-state index contributed by atoms with van der Waals surface area (Å²) in [6.07, 6.45) is 0.610. The number of hydrogen-bond donors (Lipinski definition) is 2. The Morgan fingerprint density at radius 1 is 1.24 bits per heavy atom. The lowest BCUT2D eigenvalue weighted by Crippen LogP contribution is -2.38. The van der Waals surface area contributed by atoms with Gasteiger partial charge in [-0.1, -0.05) is 6.07 Å². The summed E-state index contributed by atoms with van der Waals surface area (Å²) in [7, 11) is 3.33. The van der Waals surface area contributed by atoms with E-state index < -0.39 is 6.61 Å². The Labute approximate surface area is 170 Å². The molecule has 2 N–H and O–H groups in total. The third-order valence-electron chi connectivity index (χ3n) is 4.55. The molecule has 2 aromatic rings. The monoisotopic (exact) mass is 409 g/mol. The molecule has 0 saturated heterocycles. The van der Waals surface area contributed by atoms with Gasteiger partial charge < -0.3 is 20.1 Å². The smallest absolute Gasteiger partial charge is 0.387 e. The number of benzene rings is 1. The quantitative estimate of drug-likeness (QED) is 0.492. The molecule has 0 unspecified atom stereocenters. The van der Waals surface area contributed by atoms with Gasteiger partial charge in [-0.3, -0.25) is 4.68 Å². The van der Waals surface area contributed by atoms with E-state index in [9.17, 15) is 8.78 Å². The maximum Gasteiger partial charge on any atom is 0.387 e. The summed E-state index contributed by atoms with van der Waals surface area (Å²) in [6, 6.07) is 5.02. The number of aromatic nitrogens is 2. The first kappa shape index (κ1) is 22.4. The van der Waals surface area contributed by atoms with E-state index in [0.29, 0.717) is 25.5 Å². The van der Waals surface area contributed by atoms with Crippen LogP contribution in [0.5, 0.6) is 11.5 Å². The van der Waals surface area contributed by atoms with Gasteiger partial charge in [0, 0.05) is 31.4 Å². The highest BCUT2D eigenvalue weighted by Gasteiger charge is 2.12. The zero-order valence-electron chi connectivity index (χ0n) is 17.6. The van der Waals surface area contributed by atoms with Crippen LogP contribution in [-0.2, 0) is 20.0 Å². The number of ether oxygens (including phenoxy) is 2. The van der Waals surface area contributed by atoms with E-state index in [1.165, 1.54) is 7.11 Å². The van der Waals surface area contributed by atoms with Crippen LogP contribution in [0.25, 0.3) is 0 Å². The molecule has 1 aromatic carbocycles. The molecule has 0 fully saturated rings. The van der Waals surface area contributed by atoms with Crippen molar-refractivity contribution in [3.63, 3.8) is 0 Å². The number of nitrogens with one attached hydrogen (secondary N) is 2. The van der Waals surface area contributed by atoms with E-state index >= 15 is 0 Å². The lowest BCUT2D eigenvalue weighted by molar-refractivity contribution is -0.0512. The van der Waals surface area contributed by atoms with Crippen molar-refractivity contribution in [1.29, 1.82) is 0 Å². The minimum Gasteiger partial charge on any atom is -0.493 e. The predicted octanol–water partition coefficient (Wildman–Crippen LogP) is 2.94. The molecule has 0 aliphatic heterocycles. The summed E-state index contributed by atoms with van der Waals surface area (Å²) in [5.41, 5.74) is 4.01. The predicted molar refractivity (Wildman–Crippen MR) is 109 cm³/mol. The van der Waals surface area contributed by atoms with Crippen LogP contribution in [0.4, 0.5) is 8.78 Å². The molecule has 0 radical (unpaired) electrons. The zero-order chi connectivity index (χ0) is 21.4. The van der Waals surface area contributed by atoms with Crippen molar-refractivity contribution < 1.29 is 18.3 Å². The largest absolute Gasteiger partial charge is 0.493 e. The summed E-state index contributed by atoms with van der Waals surface area (Å²) in [5, 5.41) is 10.9. The number of hydrogen-bond acceptors (Lipinski definition) is 4. The molecule has 0 saturated carbocycles. The van der Waals surface area contributed by atoms with Crippen LogP contribution in [0.3, 0.4) is 0 Å². The molecule has 160 valence electrons. The third kappa shape index (κ3) is 6.33. The topological polar surface area (TPSA) is 72.7 Å². The van der Waals surface area contributed by atoms with Crippen molar-refractivity contribution in [2.75, 3.05) is 20.2 Å². The molecule has 29 heavy (non-hydrogen) atoms. The van der Waals surface area contributed by atoms with Crippen LogP contribution < -0.4 is 20.1 Å². The van der Waals surface area contributed by atoms with Crippen molar-refractivity contribution in [2.45, 2.75) is 40.3 Å². The Morgan fingerprint density at radius 2 is 2.00 bits per heavy atom. The Bertz CT molecular complexity index is 837. The molecule has 0 spiro atoms. The highest BCUT2D eigenvalue weighted by Crippen LogP contribution is 2.29. The Balaban J connectivity index is 2.00. The van der Waals surface area contributed by atoms with E-state index in [1.54, 1.807) is 12.1 Å². The molecule has 9 heteroatoms. The van der Waals surface area contributed by atoms with Crippen LogP contribution >= 0.6 is 0 Å². The molecular formula is C20H29F2N5O2. The second-order valence-corrected chi connectivity index (χ2v) is 6.51. The summed E-state index contributed by atoms with van der Waals surface area (Å²) in [6.45, 7) is 4.92. The van der Waals surface area contributed by atoms with E-state index in [-0.39, 0.29) is 11.5 Å². The van der Waals surface area contributed by atoms with Crippen LogP contribution in [-0.4, -0.2) is 42.6 Å². The van der Waals surface area contributed by atoms with Gasteiger partial charge in [-0.15, -0.1) is 0 Å². The van der Waals surface area contributed by atoms with Gasteiger partial charge in [-0.2, -0.15) is 13.9 Å². The number of aryl methyl sites for hydroxylation is 2. The molecule has 0 aliphatic rings. The molecule has 0 bridgehead atoms. The maximum atomic E-state index is 12.6. The van der Waals surface area contributed by atoms with Gasteiger partial charge in [0.25, 0.3) is 0 Å². The molecule has 1 heterocycles. The zero-order valence-corrected chi connectivity index (χ0v) is 17.6. The number of methoxy groups -OCH3 is 1. The Hall–Kier alpha value is -2.84. The van der Waals surface area contributed by atoms with Gasteiger partial charge in [-0.05, 0) is 44.9 Å². The summed E-state index contributed by atoms with van der Waals surface area (Å²) < 4.78 is 36.6. The van der Waals surface area contributed by atoms with E-state index in [2.05, 4.69) is 25.5 Å². The van der Waals surface area contributed by atoms with E-state index in [0.717, 1.165) is 29.1 Å². The fraction of sp³-hybridized carbons (Fsp3) is 0.500. The van der Waals surface area contributed by atoms with Gasteiger partial charge in [-0.25, -0.2) is 4.99 Å². The first-order valence-corrected chi connectivity index (χ1v) is 9.48. The van der Waals surface area contributed by atoms with Gasteiger partial charge in [0.1, 0.15) is 0 Å². The van der Waals surface area contributed by atoms with E-state index in [4.69, 9.17) is 4.74 Å². The lowest BCUT2D eigenvalue weighted by Gasteiger charge is -2.13. The summed E-state index contributed by atoms with van der Waals surface area (Å²) >= 11 is 0. The van der Waals surface area contributed by atoms with Crippen molar-refractivity contribution in [2.24, 2.45) is 12.0 Å². The molecule has 2 rings (SSSR count). The Morgan fingerprint density at radius 3 is 2.59 bits per heavy atom. The Kier molecular flexibility index (Phi) is 8.23. The second kappa shape index (κ2) is 10.6. The summed E-state index contributed by atoms with van der Waals surface area (Å²) in [5.74, 6) is 0.995. The highest BCUT2D eigenvalue weighted by atomic mass is 19.3. The number of alkyl halides is 2. The number of halogens is 2. The average Bonchev–Trinajstić information content (AvgIpc) is 2.91. The number of guanidine groups is 1. The van der Waals surface area contributed by atoms with Crippen LogP contribution in [0, 0.1) is 13.8 Å². The number of rotatable bonds is 9. The minimum absolute atomic E-state index is 0.0306. The highest BCUT2D eigenvalue weighted by molar-refractivity contribution is 5.79. The minimum atomic E-state index is -2.90. The summed E-state index contributed by atoms with van der Waals surface area (Å²) in [4.78, 5) is 4.63. The van der Waals surface area contributed by atoms with Crippen molar-refractivity contribution in [3.8, 4) is 11.5 Å². The standard InChI is InChI=1S/C20H29F2N5O2/c1-6-23-20(25-12-16-13(2)26-27(4)14(16)3)24-10-9-15-7-8-17(28-5)18(11-15)29-19(21)22/h7-8,11,19H,6,9-10,12H2,1-5H3,(H2,23,24,25). The molecule has 0 atom stereocenters.